The quantitative estimate of drug-likeness (QED) is 0.530. The highest BCUT2D eigenvalue weighted by atomic mass is 35.5. The highest BCUT2D eigenvalue weighted by Gasteiger charge is 2.24. The topological polar surface area (TPSA) is 45.3 Å². The summed E-state index contributed by atoms with van der Waals surface area (Å²) in [6.45, 7) is 4.26. The van der Waals surface area contributed by atoms with Crippen LogP contribution < -0.4 is 4.74 Å². The van der Waals surface area contributed by atoms with Crippen molar-refractivity contribution in [3.63, 3.8) is 0 Å². The monoisotopic (exact) mass is 410 g/mol. The van der Waals surface area contributed by atoms with E-state index in [9.17, 15) is 4.79 Å². The molecule has 3 aromatic rings. The normalized spacial score (nSPS) is 15.0. The van der Waals surface area contributed by atoms with Gasteiger partial charge in [-0.25, -0.2) is 0 Å². The zero-order valence-electron chi connectivity index (χ0n) is 16.8. The van der Waals surface area contributed by atoms with Crippen molar-refractivity contribution in [1.29, 1.82) is 0 Å². The third-order valence-corrected chi connectivity index (χ3v) is 5.95. The Morgan fingerprint density at radius 2 is 1.90 bits per heavy atom. The molecule has 152 valence electrons. The van der Waals surface area contributed by atoms with Crippen LogP contribution in [0.4, 0.5) is 0 Å². The number of piperidine rings is 1. The number of nitrogens with zero attached hydrogens (tertiary/aromatic N) is 1. The lowest BCUT2D eigenvalue weighted by atomic mass is 9.93. The summed E-state index contributed by atoms with van der Waals surface area (Å²) in [6, 6.07) is 16.1. The first kappa shape index (κ1) is 19.8. The summed E-state index contributed by atoms with van der Waals surface area (Å²) in [7, 11) is 0. The molecule has 0 spiro atoms. The average molecular weight is 411 g/mol. The van der Waals surface area contributed by atoms with Gasteiger partial charge in [-0.15, -0.1) is 0 Å². The molecule has 1 aliphatic rings. The number of hydrogen-bond donors (Lipinski definition) is 1. The largest absolute Gasteiger partial charge is 0.494 e. The van der Waals surface area contributed by atoms with E-state index in [0.29, 0.717) is 18.9 Å². The second-order valence-corrected chi connectivity index (χ2v) is 8.31. The van der Waals surface area contributed by atoms with Crippen LogP contribution in [0.5, 0.6) is 5.75 Å². The molecule has 0 atom stereocenters. The number of aryl methyl sites for hydroxylation is 1. The number of fused-ring (bicyclic) bond motifs is 1. The number of carbonyl (C=O) groups excluding carboxylic acids is 1. The molecule has 2 aromatic carbocycles. The Kier molecular flexibility index (Phi) is 6.10. The molecule has 0 bridgehead atoms. The van der Waals surface area contributed by atoms with Gasteiger partial charge in [0.25, 0.3) is 0 Å². The molecular formula is C24H27ClN2O2. The van der Waals surface area contributed by atoms with Crippen LogP contribution in [0, 0.1) is 6.92 Å². The highest BCUT2D eigenvalue weighted by Crippen LogP contribution is 2.31. The molecule has 0 saturated carbocycles. The first-order chi connectivity index (χ1) is 14.1. The number of rotatable bonds is 6. The number of carbonyl (C=O) groups is 1. The van der Waals surface area contributed by atoms with Gasteiger partial charge in [-0.1, -0.05) is 29.3 Å². The minimum Gasteiger partial charge on any atom is -0.494 e. The zero-order valence-corrected chi connectivity index (χ0v) is 17.5. The van der Waals surface area contributed by atoms with Crippen molar-refractivity contribution in [1.82, 2.24) is 9.88 Å². The Labute approximate surface area is 176 Å². The van der Waals surface area contributed by atoms with Crippen molar-refractivity contribution < 1.29 is 9.53 Å². The predicted molar refractivity (Wildman–Crippen MR) is 118 cm³/mol. The number of H-pyrrole nitrogens is 1. The second kappa shape index (κ2) is 8.91. The van der Waals surface area contributed by atoms with Crippen LogP contribution in [0.3, 0.4) is 0 Å². The van der Waals surface area contributed by atoms with E-state index in [1.807, 2.05) is 47.4 Å². The number of aromatic nitrogens is 1. The molecular weight excluding hydrogens is 384 g/mol. The first-order valence-corrected chi connectivity index (χ1v) is 10.7. The number of halogens is 1. The van der Waals surface area contributed by atoms with Crippen molar-refractivity contribution in [2.24, 2.45) is 0 Å². The summed E-state index contributed by atoms with van der Waals surface area (Å²) in [5.41, 5.74) is 3.59. The van der Waals surface area contributed by atoms with Crippen LogP contribution in [0.15, 0.2) is 48.5 Å². The van der Waals surface area contributed by atoms with E-state index in [-0.39, 0.29) is 5.91 Å². The molecule has 0 radical (unpaired) electrons. The number of hydrogen-bond acceptors (Lipinski definition) is 2. The third-order valence-electron chi connectivity index (χ3n) is 5.72. The van der Waals surface area contributed by atoms with Gasteiger partial charge in [-0.2, -0.15) is 0 Å². The van der Waals surface area contributed by atoms with Gasteiger partial charge in [0.05, 0.1) is 6.61 Å². The molecule has 5 heteroatoms. The molecule has 2 heterocycles. The van der Waals surface area contributed by atoms with Crippen LogP contribution in [0.2, 0.25) is 5.02 Å². The van der Waals surface area contributed by atoms with Crippen LogP contribution in [-0.4, -0.2) is 35.5 Å². The second-order valence-electron chi connectivity index (χ2n) is 7.88. The van der Waals surface area contributed by atoms with Gasteiger partial charge >= 0.3 is 0 Å². The van der Waals surface area contributed by atoms with E-state index in [1.54, 1.807) is 0 Å². The SMILES string of the molecule is Cc1ccc(OCCCC(=O)N2CCC(c3cc4cc(Cl)ccc4[nH]3)CC2)cc1. The van der Waals surface area contributed by atoms with Crippen molar-refractivity contribution >= 4 is 28.4 Å². The summed E-state index contributed by atoms with van der Waals surface area (Å²) in [4.78, 5) is 18.0. The van der Waals surface area contributed by atoms with Gasteiger partial charge in [0.15, 0.2) is 0 Å². The molecule has 1 aromatic heterocycles. The molecule has 1 N–H and O–H groups in total. The van der Waals surface area contributed by atoms with Crippen molar-refractivity contribution in [3.05, 3.63) is 64.8 Å². The molecule has 1 saturated heterocycles. The molecule has 1 fully saturated rings. The third kappa shape index (κ3) is 4.94. The smallest absolute Gasteiger partial charge is 0.222 e. The number of likely N-dealkylation sites (tertiary alicyclic amines) is 1. The van der Waals surface area contributed by atoms with Crippen LogP contribution in [0.25, 0.3) is 10.9 Å². The Balaban J connectivity index is 1.22. The summed E-state index contributed by atoms with van der Waals surface area (Å²) in [5, 5.41) is 1.91. The fraction of sp³-hybridized carbons (Fsp3) is 0.375. The number of nitrogens with one attached hydrogen (secondary N) is 1. The lowest BCUT2D eigenvalue weighted by molar-refractivity contribution is -0.132. The van der Waals surface area contributed by atoms with Gasteiger partial charge < -0.3 is 14.6 Å². The number of ether oxygens (including phenoxy) is 1. The maximum absolute atomic E-state index is 12.5. The van der Waals surface area contributed by atoms with Crippen molar-refractivity contribution in [2.75, 3.05) is 19.7 Å². The predicted octanol–water partition coefficient (Wildman–Crippen LogP) is 5.69. The Hall–Kier alpha value is -2.46. The number of aromatic amines is 1. The van der Waals surface area contributed by atoms with E-state index in [0.717, 1.165) is 54.0 Å². The van der Waals surface area contributed by atoms with Crippen LogP contribution in [0.1, 0.15) is 42.9 Å². The van der Waals surface area contributed by atoms with Crippen LogP contribution >= 0.6 is 11.6 Å². The molecule has 1 aliphatic heterocycles. The van der Waals surface area contributed by atoms with Gasteiger partial charge in [-0.3, -0.25) is 4.79 Å². The van der Waals surface area contributed by atoms with Gasteiger partial charge in [0.1, 0.15) is 5.75 Å². The van der Waals surface area contributed by atoms with Gasteiger partial charge in [0.2, 0.25) is 5.91 Å². The summed E-state index contributed by atoms with van der Waals surface area (Å²) >= 11 is 6.09. The van der Waals surface area contributed by atoms with E-state index >= 15 is 0 Å². The lowest BCUT2D eigenvalue weighted by Gasteiger charge is -2.31. The first-order valence-electron chi connectivity index (χ1n) is 10.3. The van der Waals surface area contributed by atoms with Crippen molar-refractivity contribution in [2.45, 2.75) is 38.5 Å². The summed E-state index contributed by atoms with van der Waals surface area (Å²) < 4.78 is 5.73. The zero-order chi connectivity index (χ0) is 20.2. The molecule has 0 aliphatic carbocycles. The minimum absolute atomic E-state index is 0.236. The Morgan fingerprint density at radius 1 is 1.14 bits per heavy atom. The summed E-state index contributed by atoms with van der Waals surface area (Å²) in [6.07, 6.45) is 3.27. The maximum Gasteiger partial charge on any atom is 0.222 e. The fourth-order valence-corrected chi connectivity index (χ4v) is 4.17. The highest BCUT2D eigenvalue weighted by molar-refractivity contribution is 6.31. The minimum atomic E-state index is 0.236. The Morgan fingerprint density at radius 3 is 2.66 bits per heavy atom. The molecule has 1 amide bonds. The van der Waals surface area contributed by atoms with E-state index in [1.165, 1.54) is 11.3 Å². The average Bonchev–Trinajstić information content (AvgIpc) is 3.15. The molecule has 0 unspecified atom stereocenters. The molecule has 4 nitrogen and oxygen atoms in total. The molecule has 4 rings (SSSR count). The van der Waals surface area contributed by atoms with Gasteiger partial charge in [0, 0.05) is 47.0 Å². The van der Waals surface area contributed by atoms with E-state index < -0.39 is 0 Å². The standard InChI is InChI=1S/C24H27ClN2O2/c1-17-4-7-21(8-5-17)29-14-2-3-24(28)27-12-10-18(11-13-27)23-16-19-15-20(25)6-9-22(19)26-23/h4-9,15-16,18,26H,2-3,10-14H2,1H3. The van der Waals surface area contributed by atoms with Gasteiger partial charge in [-0.05, 0) is 62.6 Å². The number of amides is 1. The van der Waals surface area contributed by atoms with Crippen LogP contribution in [-0.2, 0) is 4.79 Å². The summed E-state index contributed by atoms with van der Waals surface area (Å²) in [5.74, 6) is 1.57. The molecule has 29 heavy (non-hydrogen) atoms. The lowest BCUT2D eigenvalue weighted by Crippen LogP contribution is -2.38. The van der Waals surface area contributed by atoms with Crippen molar-refractivity contribution in [3.8, 4) is 5.75 Å². The van der Waals surface area contributed by atoms with E-state index in [4.69, 9.17) is 16.3 Å². The number of benzene rings is 2. The van der Waals surface area contributed by atoms with E-state index in [2.05, 4.69) is 18.0 Å². The maximum atomic E-state index is 12.5. The fourth-order valence-electron chi connectivity index (χ4n) is 3.99. The Bertz CT molecular complexity index is 972.